The van der Waals surface area contributed by atoms with Crippen LogP contribution in [-0.2, 0) is 14.8 Å². The molecule has 0 unspecified atom stereocenters. The number of sulfonamides is 1. The average molecular weight is 408 g/mol. The van der Waals surface area contributed by atoms with E-state index in [4.69, 9.17) is 16.3 Å². The van der Waals surface area contributed by atoms with E-state index in [0.717, 1.165) is 11.1 Å². The Kier molecular flexibility index (Phi) is 5.89. The van der Waals surface area contributed by atoms with Crippen molar-refractivity contribution >= 4 is 27.6 Å². The Balaban J connectivity index is 1.64. The number of hydrogen-bond acceptors (Lipinski definition) is 4. The molecule has 0 amide bonds. The molecule has 0 N–H and O–H groups in total. The molecule has 1 heterocycles. The smallest absolute Gasteiger partial charge is 0.314 e. The van der Waals surface area contributed by atoms with E-state index in [1.807, 2.05) is 19.9 Å². The van der Waals surface area contributed by atoms with Crippen molar-refractivity contribution in [2.75, 3.05) is 13.1 Å². The number of nitrogens with zero attached hydrogens (tertiary/aromatic N) is 1. The average Bonchev–Trinajstić information content (AvgIpc) is 2.64. The molecule has 0 atom stereocenters. The van der Waals surface area contributed by atoms with Crippen LogP contribution in [0.2, 0.25) is 5.02 Å². The molecule has 0 aromatic heterocycles. The lowest BCUT2D eigenvalue weighted by atomic mass is 9.98. The highest BCUT2D eigenvalue weighted by Crippen LogP contribution is 2.27. The zero-order valence-electron chi connectivity index (χ0n) is 15.3. The van der Waals surface area contributed by atoms with Gasteiger partial charge in [0, 0.05) is 18.1 Å². The molecular formula is C20H22ClNO4S. The van der Waals surface area contributed by atoms with E-state index in [2.05, 4.69) is 0 Å². The Labute approximate surface area is 165 Å². The van der Waals surface area contributed by atoms with Crippen molar-refractivity contribution in [3.8, 4) is 5.75 Å². The largest absolute Gasteiger partial charge is 0.426 e. The van der Waals surface area contributed by atoms with Gasteiger partial charge in [0.1, 0.15) is 5.75 Å². The molecule has 1 aliphatic heterocycles. The maximum Gasteiger partial charge on any atom is 0.314 e. The van der Waals surface area contributed by atoms with Crippen LogP contribution in [0.15, 0.2) is 47.4 Å². The second-order valence-corrected chi connectivity index (χ2v) is 9.18. The van der Waals surface area contributed by atoms with E-state index in [9.17, 15) is 13.2 Å². The second kappa shape index (κ2) is 8.00. The maximum atomic E-state index is 12.9. The minimum Gasteiger partial charge on any atom is -0.426 e. The Morgan fingerprint density at radius 1 is 1.07 bits per heavy atom. The van der Waals surface area contributed by atoms with Crippen LogP contribution in [0.3, 0.4) is 0 Å². The highest BCUT2D eigenvalue weighted by atomic mass is 35.5. The van der Waals surface area contributed by atoms with Crippen molar-refractivity contribution in [3.63, 3.8) is 0 Å². The van der Waals surface area contributed by atoms with Gasteiger partial charge in [-0.3, -0.25) is 4.79 Å². The van der Waals surface area contributed by atoms with Crippen molar-refractivity contribution in [2.45, 2.75) is 31.6 Å². The lowest BCUT2D eigenvalue weighted by molar-refractivity contribution is -0.140. The molecule has 1 aliphatic rings. The number of rotatable bonds is 4. The van der Waals surface area contributed by atoms with E-state index in [1.165, 1.54) is 4.31 Å². The molecule has 2 aromatic rings. The fourth-order valence-corrected chi connectivity index (χ4v) is 4.82. The van der Waals surface area contributed by atoms with Gasteiger partial charge in [0.25, 0.3) is 0 Å². The fourth-order valence-electron chi connectivity index (χ4n) is 3.09. The first-order valence-corrected chi connectivity index (χ1v) is 10.6. The number of carbonyl (C=O) groups excluding carboxylic acids is 1. The monoisotopic (exact) mass is 407 g/mol. The van der Waals surface area contributed by atoms with Gasteiger partial charge in [-0.25, -0.2) is 8.42 Å². The summed E-state index contributed by atoms with van der Waals surface area (Å²) in [5, 5.41) is 0.495. The van der Waals surface area contributed by atoms with Crippen LogP contribution in [-0.4, -0.2) is 31.8 Å². The molecule has 3 rings (SSSR count). The normalized spacial score (nSPS) is 16.3. The van der Waals surface area contributed by atoms with E-state index >= 15 is 0 Å². The molecule has 0 bridgehead atoms. The van der Waals surface area contributed by atoms with Gasteiger partial charge in [-0.15, -0.1) is 0 Å². The first-order chi connectivity index (χ1) is 12.8. The predicted molar refractivity (Wildman–Crippen MR) is 104 cm³/mol. The Morgan fingerprint density at radius 3 is 2.41 bits per heavy atom. The van der Waals surface area contributed by atoms with Crippen LogP contribution in [0.1, 0.15) is 24.0 Å². The molecule has 2 aromatic carbocycles. The van der Waals surface area contributed by atoms with Crippen molar-refractivity contribution in [2.24, 2.45) is 5.92 Å². The zero-order valence-corrected chi connectivity index (χ0v) is 16.9. The van der Waals surface area contributed by atoms with Gasteiger partial charge in [0.05, 0.1) is 10.8 Å². The van der Waals surface area contributed by atoms with Crippen molar-refractivity contribution in [1.29, 1.82) is 0 Å². The fraction of sp³-hybridized carbons (Fsp3) is 0.350. The minimum atomic E-state index is -3.55. The number of ether oxygens (including phenoxy) is 1. The lowest BCUT2D eigenvalue weighted by Gasteiger charge is -2.30. The van der Waals surface area contributed by atoms with E-state index in [1.54, 1.807) is 36.4 Å². The Bertz CT molecular complexity index is 950. The molecule has 5 nitrogen and oxygen atoms in total. The standard InChI is InChI=1S/C20H22ClNO4S/c1-14-6-7-19(12-15(14)2)27(24,25)22-10-8-16(9-11-22)20(23)26-18-5-3-4-17(21)13-18/h3-7,12-13,16H,8-11H2,1-2H3. The molecule has 0 aliphatic carbocycles. The van der Waals surface area contributed by atoms with Gasteiger partial charge in [0.15, 0.2) is 0 Å². The zero-order chi connectivity index (χ0) is 19.6. The minimum absolute atomic E-state index is 0.296. The van der Waals surface area contributed by atoms with Crippen LogP contribution in [0.5, 0.6) is 5.75 Å². The SMILES string of the molecule is Cc1ccc(S(=O)(=O)N2CCC(C(=O)Oc3cccc(Cl)c3)CC2)cc1C. The second-order valence-electron chi connectivity index (χ2n) is 6.80. The third-order valence-electron chi connectivity index (χ3n) is 4.92. The Hall–Kier alpha value is -1.89. The predicted octanol–water partition coefficient (Wildman–Crippen LogP) is 3.96. The molecule has 27 heavy (non-hydrogen) atoms. The van der Waals surface area contributed by atoms with E-state index in [0.29, 0.717) is 41.6 Å². The van der Waals surface area contributed by atoms with Gasteiger partial charge < -0.3 is 4.74 Å². The van der Waals surface area contributed by atoms with Crippen molar-refractivity contribution in [1.82, 2.24) is 4.31 Å². The molecule has 1 saturated heterocycles. The van der Waals surface area contributed by atoms with Gasteiger partial charge in [0.2, 0.25) is 10.0 Å². The van der Waals surface area contributed by atoms with Gasteiger partial charge in [-0.05, 0) is 68.1 Å². The summed E-state index contributed by atoms with van der Waals surface area (Å²) >= 11 is 5.90. The number of aryl methyl sites for hydroxylation is 2. The third-order valence-corrected chi connectivity index (χ3v) is 7.05. The van der Waals surface area contributed by atoms with Crippen molar-refractivity contribution in [3.05, 3.63) is 58.6 Å². The van der Waals surface area contributed by atoms with Gasteiger partial charge in [-0.2, -0.15) is 4.31 Å². The lowest BCUT2D eigenvalue weighted by Crippen LogP contribution is -2.41. The number of halogens is 1. The van der Waals surface area contributed by atoms with Crippen LogP contribution in [0.4, 0.5) is 0 Å². The molecule has 7 heteroatoms. The van der Waals surface area contributed by atoms with Crippen LogP contribution >= 0.6 is 11.6 Å². The summed E-state index contributed by atoms with van der Waals surface area (Å²) in [6.07, 6.45) is 0.868. The molecule has 0 spiro atoms. The summed E-state index contributed by atoms with van der Waals surface area (Å²) < 4.78 is 32.5. The third kappa shape index (κ3) is 4.51. The summed E-state index contributed by atoms with van der Waals surface area (Å²) in [5.41, 5.74) is 1.99. The summed E-state index contributed by atoms with van der Waals surface area (Å²) in [5.74, 6) is -0.270. The molecule has 144 valence electrons. The number of piperidine rings is 1. The van der Waals surface area contributed by atoms with Gasteiger partial charge >= 0.3 is 5.97 Å². The number of hydrogen-bond donors (Lipinski definition) is 0. The molecule has 0 radical (unpaired) electrons. The topological polar surface area (TPSA) is 63.7 Å². The molecular weight excluding hydrogens is 386 g/mol. The summed E-state index contributed by atoms with van der Waals surface area (Å²) in [4.78, 5) is 12.7. The summed E-state index contributed by atoms with van der Waals surface area (Å²) in [7, 11) is -3.55. The first kappa shape index (κ1) is 19.9. The van der Waals surface area contributed by atoms with Crippen molar-refractivity contribution < 1.29 is 17.9 Å². The number of carbonyl (C=O) groups is 1. The van der Waals surface area contributed by atoms with E-state index < -0.39 is 10.0 Å². The van der Waals surface area contributed by atoms with Crippen LogP contribution in [0, 0.1) is 19.8 Å². The van der Waals surface area contributed by atoms with Gasteiger partial charge in [-0.1, -0.05) is 23.7 Å². The molecule has 1 fully saturated rings. The highest BCUT2D eigenvalue weighted by molar-refractivity contribution is 7.89. The number of benzene rings is 2. The quantitative estimate of drug-likeness (QED) is 0.568. The summed E-state index contributed by atoms with van der Waals surface area (Å²) in [6.45, 7) is 4.43. The Morgan fingerprint density at radius 2 is 1.78 bits per heavy atom. The summed E-state index contributed by atoms with van der Waals surface area (Å²) in [6, 6.07) is 11.8. The van der Waals surface area contributed by atoms with Crippen LogP contribution in [0.25, 0.3) is 0 Å². The highest BCUT2D eigenvalue weighted by Gasteiger charge is 2.33. The number of esters is 1. The van der Waals surface area contributed by atoms with E-state index in [-0.39, 0.29) is 11.9 Å². The van der Waals surface area contributed by atoms with Crippen LogP contribution < -0.4 is 4.74 Å². The molecule has 0 saturated carbocycles. The maximum absolute atomic E-state index is 12.9. The first-order valence-electron chi connectivity index (χ1n) is 8.82.